The highest BCUT2D eigenvalue weighted by Crippen LogP contribution is 2.33. The molecule has 0 aliphatic heterocycles. The molecule has 2 aromatic heterocycles. The van der Waals surface area contributed by atoms with Crippen molar-refractivity contribution in [3.05, 3.63) is 42.2 Å². The van der Waals surface area contributed by atoms with E-state index in [1.165, 1.54) is 23.7 Å². The summed E-state index contributed by atoms with van der Waals surface area (Å²) in [5.41, 5.74) is 1.90. The molecule has 27 heavy (non-hydrogen) atoms. The molecule has 1 amide bonds. The number of benzene rings is 1. The number of nitrogens with zero attached hydrogens (tertiary/aromatic N) is 4. The Morgan fingerprint density at radius 2 is 2.07 bits per heavy atom. The first-order chi connectivity index (χ1) is 13.1. The maximum Gasteiger partial charge on any atom is 0.230 e. The van der Waals surface area contributed by atoms with E-state index in [2.05, 4.69) is 44.2 Å². The topological polar surface area (TPSA) is 71.0 Å². The highest BCUT2D eigenvalue weighted by atomic mass is 32.2. The van der Waals surface area contributed by atoms with Crippen LogP contribution in [-0.4, -0.2) is 39.7 Å². The monoisotopic (exact) mass is 401 g/mol. The summed E-state index contributed by atoms with van der Waals surface area (Å²) in [5, 5.41) is 4.67. The normalized spacial score (nSPS) is 12.1. The number of aromatic nitrogens is 3. The molecule has 142 valence electrons. The molecule has 0 aliphatic carbocycles. The zero-order valence-electron chi connectivity index (χ0n) is 15.7. The van der Waals surface area contributed by atoms with Crippen LogP contribution in [0.4, 0.5) is 5.13 Å². The maximum atomic E-state index is 12.0. The third-order valence-electron chi connectivity index (χ3n) is 4.10. The lowest BCUT2D eigenvalue weighted by Gasteiger charge is -2.15. The van der Waals surface area contributed by atoms with Crippen LogP contribution in [0.5, 0.6) is 0 Å². The number of anilines is 1. The standard InChI is InChI=1S/C19H23N5OS2/c1-4-13(2)22-15(25)11-26-18-16-17(20-12-21-18)23-19(27-16)24(3)10-14-8-6-5-7-9-14/h5-9,12-13H,4,10-11H2,1-3H3,(H,22,25)/t13-/m1/s1. The summed E-state index contributed by atoms with van der Waals surface area (Å²) in [4.78, 5) is 27.4. The minimum Gasteiger partial charge on any atom is -0.353 e. The summed E-state index contributed by atoms with van der Waals surface area (Å²) < 4.78 is 0.925. The summed E-state index contributed by atoms with van der Waals surface area (Å²) in [5.74, 6) is 0.357. The summed E-state index contributed by atoms with van der Waals surface area (Å²) in [6.45, 7) is 4.83. The van der Waals surface area contributed by atoms with Crippen molar-refractivity contribution >= 4 is 44.5 Å². The number of nitrogens with one attached hydrogen (secondary N) is 1. The predicted molar refractivity (Wildman–Crippen MR) is 112 cm³/mol. The number of hydrogen-bond donors (Lipinski definition) is 1. The van der Waals surface area contributed by atoms with E-state index in [-0.39, 0.29) is 11.9 Å². The first-order valence-electron chi connectivity index (χ1n) is 8.85. The van der Waals surface area contributed by atoms with Crippen molar-refractivity contribution in [2.45, 2.75) is 37.9 Å². The van der Waals surface area contributed by atoms with Crippen molar-refractivity contribution in [2.24, 2.45) is 0 Å². The molecule has 0 radical (unpaired) electrons. The number of thioether (sulfide) groups is 1. The molecule has 3 rings (SSSR count). The fourth-order valence-corrected chi connectivity index (χ4v) is 4.33. The Labute approximate surface area is 167 Å². The van der Waals surface area contributed by atoms with Crippen LogP contribution in [0.25, 0.3) is 10.3 Å². The third kappa shape index (κ3) is 5.17. The first kappa shape index (κ1) is 19.6. The molecule has 6 nitrogen and oxygen atoms in total. The largest absolute Gasteiger partial charge is 0.353 e. The number of hydrogen-bond acceptors (Lipinski definition) is 7. The zero-order chi connectivity index (χ0) is 19.2. The van der Waals surface area contributed by atoms with E-state index in [4.69, 9.17) is 0 Å². The Morgan fingerprint density at radius 3 is 2.81 bits per heavy atom. The van der Waals surface area contributed by atoms with Crippen molar-refractivity contribution in [1.29, 1.82) is 0 Å². The van der Waals surface area contributed by atoms with Gasteiger partial charge in [-0.3, -0.25) is 4.79 Å². The van der Waals surface area contributed by atoms with Crippen molar-refractivity contribution in [3.63, 3.8) is 0 Å². The van der Waals surface area contributed by atoms with Gasteiger partial charge in [-0.05, 0) is 18.9 Å². The van der Waals surface area contributed by atoms with Crippen LogP contribution in [-0.2, 0) is 11.3 Å². The Hall–Kier alpha value is -2.19. The molecule has 0 bridgehead atoms. The highest BCUT2D eigenvalue weighted by Gasteiger charge is 2.15. The quantitative estimate of drug-likeness (QED) is 0.458. The summed E-state index contributed by atoms with van der Waals surface area (Å²) in [7, 11) is 2.02. The van der Waals surface area contributed by atoms with Gasteiger partial charge in [-0.25, -0.2) is 9.97 Å². The first-order valence-corrected chi connectivity index (χ1v) is 10.7. The number of rotatable bonds is 8. The molecule has 2 heterocycles. The number of carbonyl (C=O) groups is 1. The molecule has 0 saturated carbocycles. The fourth-order valence-electron chi connectivity index (χ4n) is 2.47. The number of carbonyl (C=O) groups excluding carboxylic acids is 1. The molecule has 0 aliphatic rings. The average Bonchev–Trinajstić information content (AvgIpc) is 3.12. The van der Waals surface area contributed by atoms with Crippen LogP contribution >= 0.6 is 23.1 Å². The molecule has 1 N–H and O–H groups in total. The highest BCUT2D eigenvalue weighted by molar-refractivity contribution is 8.00. The van der Waals surface area contributed by atoms with Crippen LogP contribution in [0.1, 0.15) is 25.8 Å². The molecular weight excluding hydrogens is 378 g/mol. The van der Waals surface area contributed by atoms with Crippen molar-refractivity contribution in [3.8, 4) is 0 Å². The van der Waals surface area contributed by atoms with Gasteiger partial charge in [-0.1, -0.05) is 60.4 Å². The molecule has 1 atom stereocenters. The van der Waals surface area contributed by atoms with E-state index < -0.39 is 0 Å². The second kappa shape index (κ2) is 9.14. The Morgan fingerprint density at radius 1 is 1.30 bits per heavy atom. The summed E-state index contributed by atoms with van der Waals surface area (Å²) >= 11 is 2.99. The van der Waals surface area contributed by atoms with E-state index in [1.807, 2.05) is 32.2 Å². The summed E-state index contributed by atoms with van der Waals surface area (Å²) in [6, 6.07) is 10.5. The maximum absolute atomic E-state index is 12.0. The summed E-state index contributed by atoms with van der Waals surface area (Å²) in [6.07, 6.45) is 2.43. The molecule has 8 heteroatoms. The Bertz CT molecular complexity index is 900. The average molecular weight is 402 g/mol. The molecule has 1 aromatic carbocycles. The van der Waals surface area contributed by atoms with Gasteiger partial charge in [0, 0.05) is 19.6 Å². The Kier molecular flexibility index (Phi) is 6.63. The van der Waals surface area contributed by atoms with Gasteiger partial charge < -0.3 is 10.2 Å². The van der Waals surface area contributed by atoms with Crippen LogP contribution in [0.3, 0.4) is 0 Å². The molecule has 0 unspecified atom stereocenters. The number of amides is 1. The van der Waals surface area contributed by atoms with Crippen LogP contribution in [0.15, 0.2) is 41.7 Å². The van der Waals surface area contributed by atoms with Crippen molar-refractivity contribution in [1.82, 2.24) is 20.3 Å². The lowest BCUT2D eigenvalue weighted by Crippen LogP contribution is -2.33. The van der Waals surface area contributed by atoms with Gasteiger partial charge in [-0.2, -0.15) is 4.98 Å². The van der Waals surface area contributed by atoms with Gasteiger partial charge in [0.2, 0.25) is 5.91 Å². The van der Waals surface area contributed by atoms with E-state index in [1.54, 1.807) is 11.3 Å². The molecule has 0 spiro atoms. The lowest BCUT2D eigenvalue weighted by atomic mass is 10.2. The minimum atomic E-state index is 0.0204. The van der Waals surface area contributed by atoms with Crippen LogP contribution < -0.4 is 10.2 Å². The SMILES string of the molecule is CC[C@@H](C)NC(=O)CSc1ncnc2nc(N(C)Cc3ccccc3)sc12. The smallest absolute Gasteiger partial charge is 0.230 e. The van der Waals surface area contributed by atoms with E-state index >= 15 is 0 Å². The van der Waals surface area contributed by atoms with Gasteiger partial charge in [0.1, 0.15) is 16.1 Å². The minimum absolute atomic E-state index is 0.0204. The van der Waals surface area contributed by atoms with Crippen molar-refractivity contribution < 1.29 is 4.79 Å². The lowest BCUT2D eigenvalue weighted by molar-refractivity contribution is -0.119. The second-order valence-corrected chi connectivity index (χ2v) is 8.28. The molecule has 0 fully saturated rings. The van der Waals surface area contributed by atoms with Crippen molar-refractivity contribution in [2.75, 3.05) is 17.7 Å². The number of fused-ring (bicyclic) bond motifs is 1. The van der Waals surface area contributed by atoms with E-state index in [0.29, 0.717) is 11.4 Å². The zero-order valence-corrected chi connectivity index (χ0v) is 17.3. The van der Waals surface area contributed by atoms with Gasteiger partial charge >= 0.3 is 0 Å². The van der Waals surface area contributed by atoms with Gasteiger partial charge in [0.05, 0.1) is 5.75 Å². The second-order valence-electron chi connectivity index (χ2n) is 6.34. The van der Waals surface area contributed by atoms with Gasteiger partial charge in [-0.15, -0.1) is 0 Å². The van der Waals surface area contributed by atoms with E-state index in [0.717, 1.165) is 27.8 Å². The van der Waals surface area contributed by atoms with Crippen LogP contribution in [0, 0.1) is 0 Å². The molecule has 0 saturated heterocycles. The van der Waals surface area contributed by atoms with Gasteiger partial charge in [0.25, 0.3) is 0 Å². The van der Waals surface area contributed by atoms with Gasteiger partial charge in [0.15, 0.2) is 10.8 Å². The molecular formula is C19H23N5OS2. The van der Waals surface area contributed by atoms with E-state index in [9.17, 15) is 4.79 Å². The number of thiazole rings is 1. The predicted octanol–water partition coefficient (Wildman–Crippen LogP) is 3.73. The third-order valence-corrected chi connectivity index (χ3v) is 6.38. The van der Waals surface area contributed by atoms with Crippen LogP contribution in [0.2, 0.25) is 0 Å². The Balaban J connectivity index is 1.72. The molecule has 3 aromatic rings. The fraction of sp³-hybridized carbons (Fsp3) is 0.368.